The first-order valence-corrected chi connectivity index (χ1v) is 8.06. The largest absolute Gasteiger partial charge is 0.454 e. The molecule has 2 heterocycles. The fraction of sp³-hybridized carbons (Fsp3) is 0.263. The molecule has 0 spiro atoms. The van der Waals surface area contributed by atoms with Crippen molar-refractivity contribution in [2.45, 2.75) is 25.6 Å². The van der Waals surface area contributed by atoms with Gasteiger partial charge < -0.3 is 14.2 Å². The molecule has 0 aliphatic carbocycles. The van der Waals surface area contributed by atoms with Crippen molar-refractivity contribution >= 4 is 11.9 Å². The number of hydrogen-bond donors (Lipinski definition) is 0. The number of cyclic esters (lactones) is 1. The van der Waals surface area contributed by atoms with Crippen molar-refractivity contribution in [3.05, 3.63) is 59.7 Å². The van der Waals surface area contributed by atoms with Gasteiger partial charge in [0.25, 0.3) is 0 Å². The Kier molecular flexibility index (Phi) is 3.80. The summed E-state index contributed by atoms with van der Waals surface area (Å²) in [5, 5.41) is 0. The molecule has 2 unspecified atom stereocenters. The Balaban J connectivity index is 1.75. The zero-order chi connectivity index (χ0) is 17.4. The number of benzene rings is 2. The molecule has 2 aliphatic heterocycles. The van der Waals surface area contributed by atoms with E-state index in [4.69, 9.17) is 14.2 Å². The van der Waals surface area contributed by atoms with E-state index in [0.29, 0.717) is 17.1 Å². The number of rotatable bonds is 2. The van der Waals surface area contributed by atoms with E-state index in [1.807, 2.05) is 30.3 Å². The van der Waals surface area contributed by atoms with Gasteiger partial charge in [-0.25, -0.2) is 0 Å². The molecule has 2 aromatic rings. The molecule has 6 nitrogen and oxygen atoms in total. The standard InChI is InChI=1S/C19H17NO5/c1-12(21)20-15(13-5-3-2-4-6-13)10-18(22)25-19(20)14-7-8-16-17(9-14)24-11-23-16/h2-9,15,19H,10-11H2,1H3. The molecule has 128 valence electrons. The Hall–Kier alpha value is -3.02. The Bertz CT molecular complexity index is 820. The number of esters is 1. The maximum Gasteiger partial charge on any atom is 0.310 e. The van der Waals surface area contributed by atoms with Gasteiger partial charge in [-0.05, 0) is 23.8 Å². The van der Waals surface area contributed by atoms with Crippen molar-refractivity contribution in [2.24, 2.45) is 0 Å². The molecule has 0 saturated carbocycles. The number of hydrogen-bond acceptors (Lipinski definition) is 5. The van der Waals surface area contributed by atoms with E-state index < -0.39 is 6.23 Å². The molecule has 25 heavy (non-hydrogen) atoms. The summed E-state index contributed by atoms with van der Waals surface area (Å²) in [5.41, 5.74) is 1.58. The molecule has 2 aromatic carbocycles. The van der Waals surface area contributed by atoms with Gasteiger partial charge in [-0.2, -0.15) is 0 Å². The van der Waals surface area contributed by atoms with Crippen LogP contribution in [-0.4, -0.2) is 23.6 Å². The van der Waals surface area contributed by atoms with E-state index in [0.717, 1.165) is 5.56 Å². The van der Waals surface area contributed by atoms with Crippen LogP contribution in [0.5, 0.6) is 11.5 Å². The molecular weight excluding hydrogens is 322 g/mol. The maximum atomic E-state index is 12.4. The smallest absolute Gasteiger partial charge is 0.310 e. The Labute approximate surface area is 144 Å². The molecule has 4 rings (SSSR count). The number of fused-ring (bicyclic) bond motifs is 1. The minimum Gasteiger partial charge on any atom is -0.454 e. The summed E-state index contributed by atoms with van der Waals surface area (Å²) in [5.74, 6) is 0.719. The number of ether oxygens (including phenoxy) is 3. The van der Waals surface area contributed by atoms with E-state index in [1.54, 1.807) is 23.1 Å². The van der Waals surface area contributed by atoms with Crippen molar-refractivity contribution < 1.29 is 23.8 Å². The van der Waals surface area contributed by atoms with Crippen LogP contribution in [-0.2, 0) is 14.3 Å². The van der Waals surface area contributed by atoms with Gasteiger partial charge in [-0.1, -0.05) is 30.3 Å². The fourth-order valence-electron chi connectivity index (χ4n) is 3.28. The van der Waals surface area contributed by atoms with Crippen LogP contribution in [0.15, 0.2) is 48.5 Å². The van der Waals surface area contributed by atoms with Crippen molar-refractivity contribution in [1.82, 2.24) is 4.90 Å². The Morgan fingerprint density at radius 2 is 1.80 bits per heavy atom. The molecule has 6 heteroatoms. The summed E-state index contributed by atoms with van der Waals surface area (Å²) >= 11 is 0. The lowest BCUT2D eigenvalue weighted by atomic mass is 9.98. The second kappa shape index (κ2) is 6.12. The molecule has 1 fully saturated rings. The van der Waals surface area contributed by atoms with Crippen LogP contribution >= 0.6 is 0 Å². The van der Waals surface area contributed by atoms with Crippen LogP contribution in [0.1, 0.15) is 36.7 Å². The van der Waals surface area contributed by atoms with Crippen molar-refractivity contribution in [3.8, 4) is 11.5 Å². The summed E-state index contributed by atoms with van der Waals surface area (Å²) in [4.78, 5) is 26.2. The molecule has 1 saturated heterocycles. The second-order valence-electron chi connectivity index (χ2n) is 6.01. The minimum absolute atomic E-state index is 0.130. The molecule has 0 radical (unpaired) electrons. The summed E-state index contributed by atoms with van der Waals surface area (Å²) < 4.78 is 16.2. The van der Waals surface area contributed by atoms with Gasteiger partial charge in [0.15, 0.2) is 11.5 Å². The number of nitrogens with zero attached hydrogens (tertiary/aromatic N) is 1. The predicted octanol–water partition coefficient (Wildman–Crippen LogP) is 2.95. The highest BCUT2D eigenvalue weighted by atomic mass is 16.7. The zero-order valence-corrected chi connectivity index (χ0v) is 13.7. The Morgan fingerprint density at radius 3 is 2.56 bits per heavy atom. The van der Waals surface area contributed by atoms with Crippen LogP contribution in [0.3, 0.4) is 0 Å². The van der Waals surface area contributed by atoms with E-state index in [2.05, 4.69) is 0 Å². The van der Waals surface area contributed by atoms with Crippen LogP contribution in [0.2, 0.25) is 0 Å². The van der Waals surface area contributed by atoms with Crippen LogP contribution < -0.4 is 9.47 Å². The molecular formula is C19H17NO5. The highest BCUT2D eigenvalue weighted by molar-refractivity contribution is 5.79. The molecule has 0 aromatic heterocycles. The van der Waals surface area contributed by atoms with Crippen LogP contribution in [0.4, 0.5) is 0 Å². The number of carbonyl (C=O) groups excluding carboxylic acids is 2. The maximum absolute atomic E-state index is 12.4. The minimum atomic E-state index is -0.793. The predicted molar refractivity (Wildman–Crippen MR) is 87.7 cm³/mol. The third-order valence-electron chi connectivity index (χ3n) is 4.42. The van der Waals surface area contributed by atoms with Gasteiger partial charge in [0.05, 0.1) is 12.5 Å². The normalized spacial score (nSPS) is 21.8. The fourth-order valence-corrected chi connectivity index (χ4v) is 3.28. The average Bonchev–Trinajstić information content (AvgIpc) is 3.09. The van der Waals surface area contributed by atoms with E-state index >= 15 is 0 Å². The van der Waals surface area contributed by atoms with Gasteiger partial charge >= 0.3 is 5.97 Å². The van der Waals surface area contributed by atoms with Crippen LogP contribution in [0, 0.1) is 0 Å². The van der Waals surface area contributed by atoms with Crippen molar-refractivity contribution in [3.63, 3.8) is 0 Å². The Morgan fingerprint density at radius 1 is 1.04 bits per heavy atom. The molecule has 0 N–H and O–H groups in total. The lowest BCUT2D eigenvalue weighted by Gasteiger charge is -2.41. The number of amides is 1. The van der Waals surface area contributed by atoms with Gasteiger partial charge in [0.2, 0.25) is 18.9 Å². The third-order valence-corrected chi connectivity index (χ3v) is 4.42. The molecule has 0 bridgehead atoms. The first-order valence-electron chi connectivity index (χ1n) is 8.06. The summed E-state index contributed by atoms with van der Waals surface area (Å²) in [6.07, 6.45) is -0.663. The lowest BCUT2D eigenvalue weighted by molar-refractivity contribution is -0.183. The summed E-state index contributed by atoms with van der Waals surface area (Å²) in [7, 11) is 0. The quantitative estimate of drug-likeness (QED) is 0.787. The summed E-state index contributed by atoms with van der Waals surface area (Å²) in [6, 6.07) is 14.4. The SMILES string of the molecule is CC(=O)N1C(c2ccccc2)CC(=O)OC1c1ccc2c(c1)OCO2. The lowest BCUT2D eigenvalue weighted by Crippen LogP contribution is -2.44. The zero-order valence-electron chi connectivity index (χ0n) is 13.7. The molecule has 2 aliphatic rings. The van der Waals surface area contributed by atoms with Crippen LogP contribution in [0.25, 0.3) is 0 Å². The highest BCUT2D eigenvalue weighted by Crippen LogP contribution is 2.41. The number of carbonyl (C=O) groups is 2. The first kappa shape index (κ1) is 15.5. The second-order valence-corrected chi connectivity index (χ2v) is 6.01. The van der Waals surface area contributed by atoms with Crippen molar-refractivity contribution in [2.75, 3.05) is 6.79 Å². The summed E-state index contributed by atoms with van der Waals surface area (Å²) in [6.45, 7) is 1.64. The highest BCUT2D eigenvalue weighted by Gasteiger charge is 2.40. The van der Waals surface area contributed by atoms with Gasteiger partial charge in [0.1, 0.15) is 0 Å². The topological polar surface area (TPSA) is 65.1 Å². The van der Waals surface area contributed by atoms with Gasteiger partial charge in [-0.15, -0.1) is 0 Å². The van der Waals surface area contributed by atoms with Gasteiger partial charge in [-0.3, -0.25) is 14.5 Å². The van der Waals surface area contributed by atoms with E-state index in [1.165, 1.54) is 6.92 Å². The van der Waals surface area contributed by atoms with E-state index in [9.17, 15) is 9.59 Å². The van der Waals surface area contributed by atoms with Crippen molar-refractivity contribution in [1.29, 1.82) is 0 Å². The van der Waals surface area contributed by atoms with E-state index in [-0.39, 0.29) is 31.1 Å². The average molecular weight is 339 g/mol. The monoisotopic (exact) mass is 339 g/mol. The van der Waals surface area contributed by atoms with Gasteiger partial charge in [0, 0.05) is 12.5 Å². The first-order chi connectivity index (χ1) is 12.1. The third kappa shape index (κ3) is 2.80. The molecule has 1 amide bonds. The molecule has 2 atom stereocenters.